The zero-order chi connectivity index (χ0) is 27.4. The van der Waals surface area contributed by atoms with Gasteiger partial charge in [-0.05, 0) is 111 Å². The molecule has 0 spiro atoms. The second-order valence-electron chi connectivity index (χ2n) is 12.1. The maximum Gasteiger partial charge on any atom is 0.416 e. The van der Waals surface area contributed by atoms with Gasteiger partial charge in [-0.25, -0.2) is 5.43 Å². The number of hydrogen-bond acceptors (Lipinski definition) is 2. The minimum Gasteiger partial charge on any atom is -0.318 e. The van der Waals surface area contributed by atoms with Gasteiger partial charge in [0.2, 0.25) is 5.91 Å². The van der Waals surface area contributed by atoms with Crippen molar-refractivity contribution in [1.82, 2.24) is 9.99 Å². The molecule has 7 heteroatoms. The smallest absolute Gasteiger partial charge is 0.318 e. The maximum atomic E-state index is 12.9. The van der Waals surface area contributed by atoms with E-state index in [0.29, 0.717) is 5.41 Å². The second kappa shape index (κ2) is 9.68. The largest absolute Gasteiger partial charge is 0.416 e. The molecule has 4 aliphatic rings. The molecule has 0 radical (unpaired) electrons. The number of halogens is 3. The second-order valence-corrected chi connectivity index (χ2v) is 12.1. The summed E-state index contributed by atoms with van der Waals surface area (Å²) in [6.07, 6.45) is 5.32. The molecule has 4 aliphatic carbocycles. The number of rotatable bonds is 6. The molecule has 1 aromatic heterocycles. The average Bonchev–Trinajstić information content (AvgIpc) is 3.15. The first-order valence-corrected chi connectivity index (χ1v) is 13.9. The number of carbonyl (C=O) groups is 1. The van der Waals surface area contributed by atoms with Gasteiger partial charge in [0.05, 0.1) is 18.2 Å². The highest BCUT2D eigenvalue weighted by Gasteiger charge is 2.51. The summed E-state index contributed by atoms with van der Waals surface area (Å²) in [5.41, 5.74) is 7.87. The predicted octanol–water partition coefficient (Wildman–Crippen LogP) is 7.27. The summed E-state index contributed by atoms with van der Waals surface area (Å²) in [5, 5.41) is 4.08. The molecular formula is C32H34F3N3O. The van der Waals surface area contributed by atoms with Crippen LogP contribution in [-0.4, -0.2) is 16.7 Å². The van der Waals surface area contributed by atoms with Gasteiger partial charge in [-0.1, -0.05) is 30.3 Å². The van der Waals surface area contributed by atoms with Crippen LogP contribution in [0.4, 0.5) is 13.2 Å². The van der Waals surface area contributed by atoms with Gasteiger partial charge in [0.1, 0.15) is 0 Å². The Morgan fingerprint density at radius 3 is 2.26 bits per heavy atom. The average molecular weight is 534 g/mol. The Bertz CT molecular complexity index is 1380. The van der Waals surface area contributed by atoms with Crippen molar-refractivity contribution in [2.45, 2.75) is 70.4 Å². The summed E-state index contributed by atoms with van der Waals surface area (Å²) in [5.74, 6) is 2.27. The SMILES string of the molecule is Cc1cc(/C=N\NC(=O)Cc2cccc(C(F)(F)F)c2)c(C)n1-c1ccc(C23CC4CC(CC(C4)C2)C3)cc1. The van der Waals surface area contributed by atoms with Crippen molar-refractivity contribution in [2.75, 3.05) is 0 Å². The fourth-order valence-electron chi connectivity index (χ4n) is 8.00. The molecule has 0 aliphatic heterocycles. The molecule has 1 heterocycles. The van der Waals surface area contributed by atoms with E-state index in [9.17, 15) is 18.0 Å². The van der Waals surface area contributed by atoms with Crippen LogP contribution >= 0.6 is 0 Å². The third-order valence-corrected chi connectivity index (χ3v) is 9.26. The van der Waals surface area contributed by atoms with E-state index < -0.39 is 17.6 Å². The highest BCUT2D eigenvalue weighted by molar-refractivity contribution is 5.84. The summed E-state index contributed by atoms with van der Waals surface area (Å²) < 4.78 is 41.0. The van der Waals surface area contributed by atoms with Crippen LogP contribution in [0, 0.1) is 31.6 Å². The molecule has 4 nitrogen and oxygen atoms in total. The van der Waals surface area contributed by atoms with Gasteiger partial charge < -0.3 is 4.57 Å². The molecule has 4 fully saturated rings. The summed E-state index contributed by atoms with van der Waals surface area (Å²) in [4.78, 5) is 12.3. The van der Waals surface area contributed by atoms with Crippen molar-refractivity contribution >= 4 is 12.1 Å². The van der Waals surface area contributed by atoms with E-state index in [2.05, 4.69) is 39.4 Å². The first kappa shape index (κ1) is 25.9. The van der Waals surface area contributed by atoms with Crippen molar-refractivity contribution < 1.29 is 18.0 Å². The molecule has 7 rings (SSSR count). The van der Waals surface area contributed by atoms with Gasteiger partial charge in [-0.15, -0.1) is 0 Å². The van der Waals surface area contributed by atoms with E-state index in [4.69, 9.17) is 0 Å². The summed E-state index contributed by atoms with van der Waals surface area (Å²) in [6, 6.07) is 15.9. The van der Waals surface area contributed by atoms with Crippen LogP contribution in [0.25, 0.3) is 5.69 Å². The van der Waals surface area contributed by atoms with Crippen molar-refractivity contribution in [3.8, 4) is 5.69 Å². The van der Waals surface area contributed by atoms with E-state index in [1.807, 2.05) is 19.9 Å². The van der Waals surface area contributed by atoms with Gasteiger partial charge in [-0.2, -0.15) is 18.3 Å². The van der Waals surface area contributed by atoms with Crippen molar-refractivity contribution in [3.63, 3.8) is 0 Å². The number of hydrogen-bond donors (Lipinski definition) is 1. The number of nitrogens with one attached hydrogen (secondary N) is 1. The molecule has 1 N–H and O–H groups in total. The van der Waals surface area contributed by atoms with E-state index in [1.165, 1.54) is 56.2 Å². The molecule has 3 aromatic rings. The lowest BCUT2D eigenvalue weighted by atomic mass is 9.48. The topological polar surface area (TPSA) is 46.4 Å². The van der Waals surface area contributed by atoms with Crippen LogP contribution in [0.3, 0.4) is 0 Å². The van der Waals surface area contributed by atoms with Crippen LogP contribution < -0.4 is 5.43 Å². The molecule has 2 aromatic carbocycles. The third kappa shape index (κ3) is 5.04. The maximum absolute atomic E-state index is 12.9. The van der Waals surface area contributed by atoms with E-state index in [1.54, 1.807) is 6.21 Å². The van der Waals surface area contributed by atoms with Gasteiger partial charge in [0, 0.05) is 22.6 Å². The number of amides is 1. The van der Waals surface area contributed by atoms with Crippen molar-refractivity contribution in [2.24, 2.45) is 22.9 Å². The number of benzene rings is 2. The summed E-state index contributed by atoms with van der Waals surface area (Å²) >= 11 is 0. The minimum atomic E-state index is -4.44. The van der Waals surface area contributed by atoms with Crippen LogP contribution in [0.5, 0.6) is 0 Å². The summed E-state index contributed by atoms with van der Waals surface area (Å²) in [7, 11) is 0. The van der Waals surface area contributed by atoms with Crippen LogP contribution in [-0.2, 0) is 22.8 Å². The Balaban J connectivity index is 1.13. The van der Waals surface area contributed by atoms with Gasteiger partial charge in [0.25, 0.3) is 0 Å². The first-order chi connectivity index (χ1) is 18.6. The zero-order valence-corrected chi connectivity index (χ0v) is 22.4. The predicted molar refractivity (Wildman–Crippen MR) is 146 cm³/mol. The molecule has 4 bridgehead atoms. The molecular weight excluding hydrogens is 499 g/mol. The van der Waals surface area contributed by atoms with Crippen LogP contribution in [0.1, 0.15) is 72.2 Å². The van der Waals surface area contributed by atoms with Crippen molar-refractivity contribution in [3.05, 3.63) is 88.2 Å². The van der Waals surface area contributed by atoms with Gasteiger partial charge in [0.15, 0.2) is 0 Å². The molecule has 0 unspecified atom stereocenters. The van der Waals surface area contributed by atoms with Crippen LogP contribution in [0.2, 0.25) is 0 Å². The monoisotopic (exact) mass is 533 g/mol. The zero-order valence-electron chi connectivity index (χ0n) is 22.4. The van der Waals surface area contributed by atoms with Gasteiger partial charge in [-0.3, -0.25) is 4.79 Å². The standard InChI is InChI=1S/C32H34F3N3O/c1-20-10-26(19-36-37-30(39)15-22-4-3-5-28(14-22)32(33,34)35)21(2)38(20)29-8-6-27(7-9-29)31-16-23-11-24(17-31)13-25(12-23)18-31/h3-10,14,19,23-25H,11-13,15-18H2,1-2H3,(H,37,39)/b36-19-. The van der Waals surface area contributed by atoms with E-state index in [-0.39, 0.29) is 12.0 Å². The fourth-order valence-corrected chi connectivity index (χ4v) is 8.00. The van der Waals surface area contributed by atoms with E-state index in [0.717, 1.165) is 52.5 Å². The quantitative estimate of drug-likeness (QED) is 0.263. The highest BCUT2D eigenvalue weighted by Crippen LogP contribution is 2.60. The minimum absolute atomic E-state index is 0.184. The lowest BCUT2D eigenvalue weighted by Crippen LogP contribution is -2.48. The Morgan fingerprint density at radius 2 is 1.64 bits per heavy atom. The summed E-state index contributed by atoms with van der Waals surface area (Å²) in [6.45, 7) is 4.06. The highest BCUT2D eigenvalue weighted by atomic mass is 19.4. The fraction of sp³-hybridized carbons (Fsp3) is 0.438. The number of carbonyl (C=O) groups excluding carboxylic acids is 1. The molecule has 0 atom stereocenters. The van der Waals surface area contributed by atoms with Crippen molar-refractivity contribution in [1.29, 1.82) is 0 Å². The molecule has 39 heavy (non-hydrogen) atoms. The molecule has 4 saturated carbocycles. The lowest BCUT2D eigenvalue weighted by molar-refractivity contribution is -0.137. The Kier molecular flexibility index (Phi) is 6.43. The Hall–Kier alpha value is -3.35. The third-order valence-electron chi connectivity index (χ3n) is 9.26. The number of nitrogens with zero attached hydrogens (tertiary/aromatic N) is 2. The van der Waals surface area contributed by atoms with Gasteiger partial charge >= 0.3 is 6.18 Å². The lowest BCUT2D eigenvalue weighted by Gasteiger charge is -2.57. The molecule has 204 valence electrons. The Labute approximate surface area is 227 Å². The number of alkyl halides is 3. The molecule has 0 saturated heterocycles. The number of aromatic nitrogens is 1. The van der Waals surface area contributed by atoms with Crippen LogP contribution in [0.15, 0.2) is 59.7 Å². The normalized spacial score (nSPS) is 25.9. The first-order valence-electron chi connectivity index (χ1n) is 13.9. The Morgan fingerprint density at radius 1 is 1.00 bits per heavy atom. The number of aryl methyl sites for hydroxylation is 1. The van der Waals surface area contributed by atoms with E-state index >= 15 is 0 Å². The molecule has 1 amide bonds. The number of hydrazone groups is 1.